The van der Waals surface area contributed by atoms with E-state index in [-0.39, 0.29) is 5.79 Å². The smallest absolute Gasteiger partial charge is 0.168 e. The number of aromatic nitrogens is 2. The Kier molecular flexibility index (Phi) is 3.37. The van der Waals surface area contributed by atoms with Gasteiger partial charge in [0.25, 0.3) is 0 Å². The second kappa shape index (κ2) is 4.97. The van der Waals surface area contributed by atoms with E-state index in [1.165, 1.54) is 11.7 Å². The van der Waals surface area contributed by atoms with Crippen LogP contribution in [0.15, 0.2) is 6.20 Å². The third-order valence-corrected chi connectivity index (χ3v) is 3.90. The molecule has 2 heterocycles. The van der Waals surface area contributed by atoms with E-state index in [0.717, 1.165) is 44.6 Å². The highest BCUT2D eigenvalue weighted by atomic mass is 32.1. The Labute approximate surface area is 104 Å². The van der Waals surface area contributed by atoms with E-state index >= 15 is 0 Å². The average Bonchev–Trinajstić information content (AvgIpc) is 3.01. The lowest BCUT2D eigenvalue weighted by atomic mass is 9.92. The van der Waals surface area contributed by atoms with Gasteiger partial charge in [0.1, 0.15) is 0 Å². The molecule has 1 aliphatic carbocycles. The minimum atomic E-state index is -0.290. The molecule has 0 bridgehead atoms. The fourth-order valence-corrected chi connectivity index (χ4v) is 2.86. The molecule has 17 heavy (non-hydrogen) atoms. The first-order chi connectivity index (χ1) is 8.36. The number of hydrogen-bond donors (Lipinski definition) is 0. The molecule has 2 fully saturated rings. The number of rotatable bonds is 3. The van der Waals surface area contributed by atoms with Crippen molar-refractivity contribution in [3.63, 3.8) is 0 Å². The molecule has 1 spiro atoms. The molecule has 1 aromatic rings. The Hall–Kier alpha value is -0.560. The maximum absolute atomic E-state index is 5.82. The Morgan fingerprint density at radius 3 is 2.76 bits per heavy atom. The maximum Gasteiger partial charge on any atom is 0.168 e. The molecule has 6 heteroatoms. The van der Waals surface area contributed by atoms with Crippen LogP contribution in [0.2, 0.25) is 0 Å². The normalized spacial score (nSPS) is 24.5. The van der Waals surface area contributed by atoms with Gasteiger partial charge in [-0.1, -0.05) is 0 Å². The number of nitrogens with zero attached hydrogens (tertiary/aromatic N) is 2. The Morgan fingerprint density at radius 2 is 2.12 bits per heavy atom. The van der Waals surface area contributed by atoms with Crippen molar-refractivity contribution in [1.82, 2.24) is 8.75 Å². The van der Waals surface area contributed by atoms with Crippen LogP contribution in [-0.2, 0) is 20.8 Å². The second-order valence-corrected chi connectivity index (χ2v) is 5.07. The Balaban J connectivity index is 1.45. The first-order valence-electron chi connectivity index (χ1n) is 6.02. The summed E-state index contributed by atoms with van der Waals surface area (Å²) in [6.07, 6.45) is 5.93. The first-order valence-corrected chi connectivity index (χ1v) is 6.75. The SMILES string of the molecule is c1nsnc1COC1CCC2(CC1)OCCO2. The third-order valence-electron chi connectivity index (χ3n) is 3.38. The minimum absolute atomic E-state index is 0.290. The summed E-state index contributed by atoms with van der Waals surface area (Å²) in [5, 5.41) is 0. The van der Waals surface area contributed by atoms with Crippen molar-refractivity contribution in [1.29, 1.82) is 0 Å². The van der Waals surface area contributed by atoms with Crippen molar-refractivity contribution in [3.8, 4) is 0 Å². The summed E-state index contributed by atoms with van der Waals surface area (Å²) in [6, 6.07) is 0. The van der Waals surface area contributed by atoms with Crippen LogP contribution in [0.1, 0.15) is 31.4 Å². The third kappa shape index (κ3) is 2.65. The largest absolute Gasteiger partial charge is 0.372 e. The molecule has 5 nitrogen and oxygen atoms in total. The second-order valence-electron chi connectivity index (χ2n) is 4.52. The fraction of sp³-hybridized carbons (Fsp3) is 0.818. The van der Waals surface area contributed by atoms with Crippen molar-refractivity contribution >= 4 is 11.7 Å². The standard InChI is InChI=1S/C11H16N2O3S/c1-3-11(15-5-6-16-11)4-2-10(1)14-8-9-7-12-17-13-9/h7,10H,1-6,8H2. The van der Waals surface area contributed by atoms with Crippen LogP contribution in [-0.4, -0.2) is 33.9 Å². The van der Waals surface area contributed by atoms with Crippen LogP contribution in [0.3, 0.4) is 0 Å². The molecular weight excluding hydrogens is 240 g/mol. The van der Waals surface area contributed by atoms with Crippen molar-refractivity contribution in [2.24, 2.45) is 0 Å². The highest BCUT2D eigenvalue weighted by Gasteiger charge is 2.40. The predicted octanol–water partition coefficient (Wildman–Crippen LogP) is 1.74. The molecule has 2 aliphatic rings. The number of ether oxygens (including phenoxy) is 3. The van der Waals surface area contributed by atoms with E-state index in [4.69, 9.17) is 14.2 Å². The quantitative estimate of drug-likeness (QED) is 0.824. The van der Waals surface area contributed by atoms with Gasteiger partial charge in [-0.3, -0.25) is 0 Å². The zero-order valence-corrected chi connectivity index (χ0v) is 10.4. The van der Waals surface area contributed by atoms with E-state index in [2.05, 4.69) is 8.75 Å². The Morgan fingerprint density at radius 1 is 1.35 bits per heavy atom. The van der Waals surface area contributed by atoms with Crippen LogP contribution in [0.4, 0.5) is 0 Å². The van der Waals surface area contributed by atoms with Gasteiger partial charge >= 0.3 is 0 Å². The highest BCUT2D eigenvalue weighted by Crippen LogP contribution is 2.36. The van der Waals surface area contributed by atoms with Gasteiger partial charge in [-0.15, -0.1) is 0 Å². The summed E-state index contributed by atoms with van der Waals surface area (Å²) in [5.74, 6) is -0.290. The van der Waals surface area contributed by atoms with Gasteiger partial charge in [0.15, 0.2) is 5.79 Å². The summed E-state index contributed by atoms with van der Waals surface area (Å²) in [5.41, 5.74) is 0.920. The summed E-state index contributed by atoms with van der Waals surface area (Å²) < 4.78 is 25.3. The summed E-state index contributed by atoms with van der Waals surface area (Å²) in [4.78, 5) is 0. The van der Waals surface area contributed by atoms with E-state index in [9.17, 15) is 0 Å². The molecule has 0 atom stereocenters. The molecule has 1 aromatic heterocycles. The molecule has 0 N–H and O–H groups in total. The van der Waals surface area contributed by atoms with Crippen LogP contribution in [0.5, 0.6) is 0 Å². The zero-order chi connectivity index (χ0) is 11.6. The van der Waals surface area contributed by atoms with E-state index in [1.807, 2.05) is 0 Å². The molecule has 94 valence electrons. The van der Waals surface area contributed by atoms with Gasteiger partial charge in [-0.05, 0) is 12.8 Å². The molecule has 3 rings (SSSR count). The molecular formula is C11H16N2O3S. The van der Waals surface area contributed by atoms with Gasteiger partial charge < -0.3 is 14.2 Å². The van der Waals surface area contributed by atoms with Crippen LogP contribution < -0.4 is 0 Å². The lowest BCUT2D eigenvalue weighted by Crippen LogP contribution is -2.37. The first kappa shape index (κ1) is 11.5. The summed E-state index contributed by atoms with van der Waals surface area (Å²) in [7, 11) is 0. The van der Waals surface area contributed by atoms with Gasteiger partial charge in [0.2, 0.25) is 0 Å². The van der Waals surface area contributed by atoms with Gasteiger partial charge in [-0.25, -0.2) is 0 Å². The van der Waals surface area contributed by atoms with Crippen LogP contribution in [0.25, 0.3) is 0 Å². The molecule has 1 saturated carbocycles. The lowest BCUT2D eigenvalue weighted by Gasteiger charge is -2.35. The molecule has 1 aliphatic heterocycles. The molecule has 0 radical (unpaired) electrons. The summed E-state index contributed by atoms with van der Waals surface area (Å²) in [6.45, 7) is 2.03. The zero-order valence-electron chi connectivity index (χ0n) is 9.63. The molecule has 0 aromatic carbocycles. The maximum atomic E-state index is 5.82. The monoisotopic (exact) mass is 256 g/mol. The molecule has 0 unspecified atom stereocenters. The number of hydrogen-bond acceptors (Lipinski definition) is 6. The summed E-state index contributed by atoms with van der Waals surface area (Å²) >= 11 is 1.22. The topological polar surface area (TPSA) is 53.5 Å². The van der Waals surface area contributed by atoms with E-state index in [1.54, 1.807) is 6.20 Å². The highest BCUT2D eigenvalue weighted by molar-refractivity contribution is 6.99. The van der Waals surface area contributed by atoms with Crippen LogP contribution in [0, 0.1) is 0 Å². The lowest BCUT2D eigenvalue weighted by molar-refractivity contribution is -0.192. The average molecular weight is 256 g/mol. The van der Waals surface area contributed by atoms with Crippen molar-refractivity contribution in [2.75, 3.05) is 13.2 Å². The minimum Gasteiger partial charge on any atom is -0.372 e. The molecule has 1 saturated heterocycles. The van der Waals surface area contributed by atoms with Crippen LogP contribution >= 0.6 is 11.7 Å². The van der Waals surface area contributed by atoms with Crippen molar-refractivity contribution in [3.05, 3.63) is 11.9 Å². The van der Waals surface area contributed by atoms with Crippen molar-refractivity contribution in [2.45, 2.75) is 44.2 Å². The van der Waals surface area contributed by atoms with Gasteiger partial charge in [-0.2, -0.15) is 8.75 Å². The fourth-order valence-electron chi connectivity index (χ4n) is 2.43. The predicted molar refractivity (Wildman–Crippen MR) is 61.6 cm³/mol. The van der Waals surface area contributed by atoms with Gasteiger partial charge in [0.05, 0.1) is 49.5 Å². The molecule has 0 amide bonds. The van der Waals surface area contributed by atoms with E-state index < -0.39 is 0 Å². The van der Waals surface area contributed by atoms with E-state index in [0.29, 0.717) is 12.7 Å². The Bertz CT molecular complexity index is 342. The van der Waals surface area contributed by atoms with Crippen molar-refractivity contribution < 1.29 is 14.2 Å². The van der Waals surface area contributed by atoms with Gasteiger partial charge in [0, 0.05) is 12.8 Å².